The topological polar surface area (TPSA) is 58.4 Å². The van der Waals surface area contributed by atoms with Gasteiger partial charge in [-0.05, 0) is 31.5 Å². The number of nitrogens with zero attached hydrogens (tertiary/aromatic N) is 1. The average molecular weight is 227 g/mol. The van der Waals surface area contributed by atoms with Gasteiger partial charge in [-0.2, -0.15) is 0 Å². The van der Waals surface area contributed by atoms with Crippen molar-refractivity contribution in [2.45, 2.75) is 25.3 Å². The van der Waals surface area contributed by atoms with Gasteiger partial charge in [-0.1, -0.05) is 6.08 Å². The summed E-state index contributed by atoms with van der Waals surface area (Å²) in [5.41, 5.74) is 5.74. The summed E-state index contributed by atoms with van der Waals surface area (Å²) in [7, 11) is 0. The third kappa shape index (κ3) is 3.28. The molecule has 0 saturated carbocycles. The summed E-state index contributed by atoms with van der Waals surface area (Å²) in [4.78, 5) is 13.4. The van der Waals surface area contributed by atoms with Crippen LogP contribution in [0.25, 0.3) is 0 Å². The van der Waals surface area contributed by atoms with Crippen LogP contribution in [0.3, 0.4) is 0 Å². The van der Waals surface area contributed by atoms with Crippen LogP contribution in [0.15, 0.2) is 12.7 Å². The Morgan fingerprint density at radius 3 is 3.13 bits per heavy atom. The zero-order chi connectivity index (χ0) is 11.3. The molecule has 1 amide bonds. The molecule has 3 N–H and O–H groups in total. The van der Waals surface area contributed by atoms with Crippen LogP contribution in [0.1, 0.15) is 19.3 Å². The Morgan fingerprint density at radius 2 is 2.47 bits per heavy atom. The van der Waals surface area contributed by atoms with E-state index in [1.165, 1.54) is 0 Å². The highest BCUT2D eigenvalue weighted by Gasteiger charge is 2.26. The molecule has 1 aliphatic heterocycles. The van der Waals surface area contributed by atoms with Gasteiger partial charge in [-0.15, -0.1) is 6.58 Å². The molecule has 0 spiro atoms. The number of likely N-dealkylation sites (tertiary alicyclic amines) is 1. The van der Waals surface area contributed by atoms with Crippen LogP contribution in [0, 0.1) is 0 Å². The summed E-state index contributed by atoms with van der Waals surface area (Å²) in [6.45, 7) is 4.81. The lowest BCUT2D eigenvalue weighted by molar-refractivity contribution is -0.128. The lowest BCUT2D eigenvalue weighted by atomic mass is 10.1. The van der Waals surface area contributed by atoms with Gasteiger partial charge in [-0.25, -0.2) is 0 Å². The van der Waals surface area contributed by atoms with Gasteiger partial charge in [-0.3, -0.25) is 9.69 Å². The molecule has 84 valence electrons. The molecule has 15 heavy (non-hydrogen) atoms. The third-order valence-electron chi connectivity index (χ3n) is 2.37. The van der Waals surface area contributed by atoms with Gasteiger partial charge in [0.05, 0.1) is 6.04 Å². The molecule has 1 fully saturated rings. The zero-order valence-electron chi connectivity index (χ0n) is 8.74. The molecule has 0 aromatic heterocycles. The minimum Gasteiger partial charge on any atom is -0.359 e. The zero-order valence-corrected chi connectivity index (χ0v) is 9.55. The molecule has 1 saturated heterocycles. The summed E-state index contributed by atoms with van der Waals surface area (Å²) < 4.78 is 0. The predicted molar refractivity (Wildman–Crippen MR) is 64.3 cm³/mol. The Balaban J connectivity index is 2.60. The van der Waals surface area contributed by atoms with Crippen LogP contribution in [-0.2, 0) is 4.79 Å². The Hall–Kier alpha value is -0.940. The van der Waals surface area contributed by atoms with Crippen molar-refractivity contribution in [2.24, 2.45) is 5.73 Å². The normalized spacial score (nSPS) is 22.1. The molecule has 1 aliphatic rings. The Labute approximate surface area is 95.5 Å². The van der Waals surface area contributed by atoms with E-state index in [-0.39, 0.29) is 5.91 Å². The van der Waals surface area contributed by atoms with E-state index in [9.17, 15) is 4.79 Å². The predicted octanol–water partition coefficient (Wildman–Crippen LogP) is 0.387. The molecule has 0 aliphatic carbocycles. The molecule has 0 radical (unpaired) electrons. The second kappa shape index (κ2) is 5.82. The molecule has 0 bridgehead atoms. The van der Waals surface area contributed by atoms with Crippen molar-refractivity contribution in [3.8, 4) is 0 Å². The average Bonchev–Trinajstić information content (AvgIpc) is 2.39. The number of carbonyl (C=O) groups excluding carboxylic acids is 1. The Kier molecular flexibility index (Phi) is 4.71. The maximum Gasteiger partial charge on any atom is 0.245 e. The summed E-state index contributed by atoms with van der Waals surface area (Å²) in [5.74, 6) is -0.0749. The van der Waals surface area contributed by atoms with Gasteiger partial charge >= 0.3 is 0 Å². The SMILES string of the molecule is C=CCNC(=S)N1CCCC[C@@H](N)C1=O. The smallest absolute Gasteiger partial charge is 0.245 e. The first-order chi connectivity index (χ1) is 7.16. The third-order valence-corrected chi connectivity index (χ3v) is 2.74. The van der Waals surface area contributed by atoms with E-state index in [1.807, 2.05) is 0 Å². The van der Waals surface area contributed by atoms with Gasteiger partial charge in [0, 0.05) is 13.1 Å². The fourth-order valence-electron chi connectivity index (χ4n) is 1.52. The highest BCUT2D eigenvalue weighted by Crippen LogP contribution is 2.10. The molecule has 1 rings (SSSR count). The lowest BCUT2D eigenvalue weighted by Crippen LogP contribution is -2.49. The summed E-state index contributed by atoms with van der Waals surface area (Å²) in [5, 5.41) is 3.40. The Morgan fingerprint density at radius 1 is 1.73 bits per heavy atom. The van der Waals surface area contributed by atoms with Crippen molar-refractivity contribution >= 4 is 23.2 Å². The summed E-state index contributed by atoms with van der Waals surface area (Å²) in [6.07, 6.45) is 4.39. The Bertz CT molecular complexity index is 267. The molecule has 0 aromatic rings. The van der Waals surface area contributed by atoms with Crippen LogP contribution in [0.4, 0.5) is 0 Å². The van der Waals surface area contributed by atoms with E-state index in [0.717, 1.165) is 19.3 Å². The first kappa shape index (κ1) is 12.1. The van der Waals surface area contributed by atoms with Crippen LogP contribution in [0.2, 0.25) is 0 Å². The monoisotopic (exact) mass is 227 g/mol. The molecule has 0 aromatic carbocycles. The molecule has 0 unspecified atom stereocenters. The summed E-state index contributed by atoms with van der Waals surface area (Å²) in [6, 6.07) is -0.406. The van der Waals surface area contributed by atoms with Gasteiger partial charge in [0.2, 0.25) is 5.91 Å². The van der Waals surface area contributed by atoms with Gasteiger partial charge in [0.15, 0.2) is 5.11 Å². The number of hydrogen-bond donors (Lipinski definition) is 2. The number of nitrogens with one attached hydrogen (secondary N) is 1. The van der Waals surface area contributed by atoms with E-state index >= 15 is 0 Å². The number of carbonyl (C=O) groups is 1. The molecular weight excluding hydrogens is 210 g/mol. The summed E-state index contributed by atoms with van der Waals surface area (Å²) >= 11 is 5.12. The highest BCUT2D eigenvalue weighted by atomic mass is 32.1. The largest absolute Gasteiger partial charge is 0.359 e. The molecule has 1 heterocycles. The maximum atomic E-state index is 11.8. The fourth-order valence-corrected chi connectivity index (χ4v) is 1.79. The van der Waals surface area contributed by atoms with Crippen molar-refractivity contribution in [3.63, 3.8) is 0 Å². The van der Waals surface area contributed by atoms with Crippen molar-refractivity contribution in [1.82, 2.24) is 10.2 Å². The first-order valence-corrected chi connectivity index (χ1v) is 5.53. The van der Waals surface area contributed by atoms with E-state index in [4.69, 9.17) is 18.0 Å². The second-order valence-electron chi connectivity index (χ2n) is 3.57. The highest BCUT2D eigenvalue weighted by molar-refractivity contribution is 7.80. The van der Waals surface area contributed by atoms with Gasteiger partial charge < -0.3 is 11.1 Å². The minimum atomic E-state index is -0.406. The fraction of sp³-hybridized carbons (Fsp3) is 0.600. The van der Waals surface area contributed by atoms with Crippen molar-refractivity contribution in [1.29, 1.82) is 0 Å². The van der Waals surface area contributed by atoms with Crippen LogP contribution < -0.4 is 11.1 Å². The molecular formula is C10H17N3OS. The van der Waals surface area contributed by atoms with Crippen molar-refractivity contribution in [3.05, 3.63) is 12.7 Å². The van der Waals surface area contributed by atoms with Crippen LogP contribution in [-0.4, -0.2) is 35.1 Å². The quantitative estimate of drug-likeness (QED) is 0.529. The van der Waals surface area contributed by atoms with E-state index in [0.29, 0.717) is 18.2 Å². The van der Waals surface area contributed by atoms with E-state index in [1.54, 1.807) is 11.0 Å². The molecule has 5 heteroatoms. The van der Waals surface area contributed by atoms with Gasteiger partial charge in [0.25, 0.3) is 0 Å². The number of amides is 1. The van der Waals surface area contributed by atoms with E-state index in [2.05, 4.69) is 11.9 Å². The van der Waals surface area contributed by atoms with Crippen LogP contribution in [0.5, 0.6) is 0 Å². The van der Waals surface area contributed by atoms with E-state index < -0.39 is 6.04 Å². The van der Waals surface area contributed by atoms with Crippen LogP contribution >= 0.6 is 12.2 Å². The van der Waals surface area contributed by atoms with Gasteiger partial charge in [0.1, 0.15) is 0 Å². The molecule has 1 atom stereocenters. The minimum absolute atomic E-state index is 0.0749. The second-order valence-corrected chi connectivity index (χ2v) is 3.95. The molecule has 4 nitrogen and oxygen atoms in total. The number of nitrogens with two attached hydrogens (primary N) is 1. The number of thiocarbonyl (C=S) groups is 1. The number of hydrogen-bond acceptors (Lipinski definition) is 3. The van der Waals surface area contributed by atoms with Crippen molar-refractivity contribution < 1.29 is 4.79 Å². The standard InChI is InChI=1S/C10H17N3OS/c1-2-6-12-10(15)13-7-4-3-5-8(11)9(13)14/h2,8H,1,3-7,11H2,(H,12,15)/t8-/m1/s1. The first-order valence-electron chi connectivity index (χ1n) is 5.12. The maximum absolute atomic E-state index is 11.8. The lowest BCUT2D eigenvalue weighted by Gasteiger charge is -2.23. The number of rotatable bonds is 2. The van der Waals surface area contributed by atoms with Crippen molar-refractivity contribution in [2.75, 3.05) is 13.1 Å².